The zero-order valence-corrected chi connectivity index (χ0v) is 26.1. The maximum absolute atomic E-state index is 5.10. The number of aliphatic imine (C=N–C) groups is 2. The molecule has 0 radical (unpaired) electrons. The van der Waals surface area contributed by atoms with Gasteiger partial charge in [0.25, 0.3) is 0 Å². The van der Waals surface area contributed by atoms with E-state index < -0.39 is 0 Å². The van der Waals surface area contributed by atoms with Crippen molar-refractivity contribution in [2.24, 2.45) is 9.98 Å². The van der Waals surface area contributed by atoms with E-state index in [0.717, 1.165) is 68.2 Å². The van der Waals surface area contributed by atoms with E-state index in [4.69, 9.17) is 15.0 Å². The highest BCUT2D eigenvalue weighted by Gasteiger charge is 2.22. The van der Waals surface area contributed by atoms with Crippen LogP contribution in [-0.2, 0) is 6.42 Å². The average molecular weight is 608 g/mol. The fourth-order valence-electron chi connectivity index (χ4n) is 6.36. The first-order chi connectivity index (χ1) is 23.2. The van der Waals surface area contributed by atoms with E-state index in [9.17, 15) is 0 Å². The molecule has 8 rings (SSSR count). The number of nitrogens with one attached hydrogen (secondary N) is 1. The van der Waals surface area contributed by atoms with Gasteiger partial charge in [-0.25, -0.2) is 15.0 Å². The van der Waals surface area contributed by atoms with E-state index in [1.807, 2.05) is 42.5 Å². The van der Waals surface area contributed by atoms with Gasteiger partial charge >= 0.3 is 0 Å². The Hall–Kier alpha value is -6.07. The maximum Gasteiger partial charge on any atom is 0.159 e. The molecule has 1 aliphatic rings. The van der Waals surface area contributed by atoms with Crippen molar-refractivity contribution < 1.29 is 0 Å². The predicted molar refractivity (Wildman–Crippen MR) is 193 cm³/mol. The van der Waals surface area contributed by atoms with Crippen molar-refractivity contribution in [1.82, 2.24) is 14.9 Å². The molecule has 47 heavy (non-hydrogen) atoms. The minimum atomic E-state index is -0.296. The van der Waals surface area contributed by atoms with Gasteiger partial charge < -0.3 is 5.32 Å². The summed E-state index contributed by atoms with van der Waals surface area (Å²) in [6.45, 7) is 2.16. The molecule has 6 aromatic carbocycles. The van der Waals surface area contributed by atoms with Crippen LogP contribution < -0.4 is 5.32 Å². The molecule has 0 bridgehead atoms. The van der Waals surface area contributed by atoms with Crippen molar-refractivity contribution in [2.75, 3.05) is 0 Å². The maximum atomic E-state index is 5.10. The van der Waals surface area contributed by atoms with Crippen LogP contribution in [0.25, 0.3) is 39.0 Å². The number of nitrogens with zero attached hydrogens (tertiary/aromatic N) is 4. The lowest BCUT2D eigenvalue weighted by molar-refractivity contribution is 0.674. The molecule has 5 nitrogen and oxygen atoms in total. The molecule has 0 spiro atoms. The fraction of sp³-hybridized carbons (Fsp3) is 0.0714. The summed E-state index contributed by atoms with van der Waals surface area (Å²) in [6.07, 6.45) is 0.554. The highest BCUT2D eigenvalue weighted by molar-refractivity contribution is 6.13. The summed E-state index contributed by atoms with van der Waals surface area (Å²) in [5, 5.41) is 3.61. The van der Waals surface area contributed by atoms with E-state index in [2.05, 4.69) is 132 Å². The van der Waals surface area contributed by atoms with Gasteiger partial charge in [0.2, 0.25) is 0 Å². The number of para-hydroxylation sites is 2. The Balaban J connectivity index is 1.19. The van der Waals surface area contributed by atoms with Gasteiger partial charge in [-0.1, -0.05) is 134 Å². The van der Waals surface area contributed by atoms with Gasteiger partial charge in [0.15, 0.2) is 5.84 Å². The summed E-state index contributed by atoms with van der Waals surface area (Å²) < 4.78 is 2.28. The van der Waals surface area contributed by atoms with Crippen molar-refractivity contribution >= 4 is 22.7 Å². The lowest BCUT2D eigenvalue weighted by Gasteiger charge is -2.24. The largest absolute Gasteiger partial charge is 0.344 e. The third-order valence-corrected chi connectivity index (χ3v) is 8.62. The summed E-state index contributed by atoms with van der Waals surface area (Å²) >= 11 is 0. The molecule has 0 saturated heterocycles. The molecule has 2 heterocycles. The molecule has 0 saturated carbocycles. The van der Waals surface area contributed by atoms with E-state index in [0.29, 0.717) is 5.84 Å². The minimum absolute atomic E-state index is 0.296. The third kappa shape index (κ3) is 5.53. The highest BCUT2D eigenvalue weighted by Crippen LogP contribution is 2.35. The van der Waals surface area contributed by atoms with Crippen LogP contribution in [0, 0.1) is 0 Å². The van der Waals surface area contributed by atoms with Crippen LogP contribution in [0.2, 0.25) is 0 Å². The number of aryl methyl sites for hydroxylation is 1. The Labute approximate surface area is 274 Å². The Morgan fingerprint density at radius 2 is 1.21 bits per heavy atom. The van der Waals surface area contributed by atoms with Gasteiger partial charge in [-0.3, -0.25) is 4.57 Å². The molecular weight excluding hydrogens is 574 g/mol. The van der Waals surface area contributed by atoms with Crippen molar-refractivity contribution in [3.05, 3.63) is 180 Å². The SMILES string of the molecule is CCc1nc2ccccc2n1-c1cccc(-c2ccccc2-c2cccc(C3N=C(c4ccccc4)N=C(c4ccccc4)N3)c2)c1. The molecule has 5 heteroatoms. The predicted octanol–water partition coefficient (Wildman–Crippen LogP) is 9.42. The monoisotopic (exact) mass is 607 g/mol. The molecule has 0 aliphatic carbocycles. The molecule has 0 amide bonds. The smallest absolute Gasteiger partial charge is 0.159 e. The second-order valence-corrected chi connectivity index (χ2v) is 11.6. The molecule has 1 aliphatic heterocycles. The highest BCUT2D eigenvalue weighted by atomic mass is 15.2. The van der Waals surface area contributed by atoms with Crippen LogP contribution >= 0.6 is 0 Å². The summed E-state index contributed by atoms with van der Waals surface area (Å²) in [4.78, 5) is 15.0. The van der Waals surface area contributed by atoms with Crippen LogP contribution in [0.5, 0.6) is 0 Å². The number of rotatable bonds is 7. The van der Waals surface area contributed by atoms with Gasteiger partial charge in [-0.05, 0) is 58.1 Å². The lowest BCUT2D eigenvalue weighted by atomic mass is 9.93. The second kappa shape index (κ2) is 12.4. The Kier molecular flexibility index (Phi) is 7.48. The molecule has 0 fully saturated rings. The van der Waals surface area contributed by atoms with Crippen molar-refractivity contribution in [3.8, 4) is 27.9 Å². The fourth-order valence-corrected chi connectivity index (χ4v) is 6.36. The molecule has 226 valence electrons. The number of amidine groups is 2. The number of hydrogen-bond donors (Lipinski definition) is 1. The van der Waals surface area contributed by atoms with Crippen molar-refractivity contribution in [2.45, 2.75) is 19.5 Å². The zero-order valence-electron chi connectivity index (χ0n) is 26.1. The topological polar surface area (TPSA) is 54.6 Å². The first kappa shape index (κ1) is 28.4. The van der Waals surface area contributed by atoms with Crippen molar-refractivity contribution in [3.63, 3.8) is 0 Å². The van der Waals surface area contributed by atoms with Crippen LogP contribution in [0.4, 0.5) is 0 Å². The number of aromatic nitrogens is 2. The second-order valence-electron chi connectivity index (χ2n) is 11.6. The van der Waals surface area contributed by atoms with Crippen LogP contribution in [0.3, 0.4) is 0 Å². The van der Waals surface area contributed by atoms with Crippen LogP contribution in [-0.4, -0.2) is 21.2 Å². The van der Waals surface area contributed by atoms with E-state index in [-0.39, 0.29) is 6.17 Å². The Morgan fingerprint density at radius 3 is 1.96 bits per heavy atom. The van der Waals surface area contributed by atoms with Crippen molar-refractivity contribution in [1.29, 1.82) is 0 Å². The normalized spacial score (nSPS) is 14.4. The molecule has 1 aromatic heterocycles. The number of benzene rings is 6. The number of hydrogen-bond acceptors (Lipinski definition) is 4. The van der Waals surface area contributed by atoms with Crippen LogP contribution in [0.15, 0.2) is 168 Å². The Bertz CT molecular complexity index is 2260. The van der Waals surface area contributed by atoms with E-state index in [1.54, 1.807) is 0 Å². The van der Waals surface area contributed by atoms with Gasteiger partial charge in [0.05, 0.1) is 11.0 Å². The lowest BCUT2D eigenvalue weighted by Crippen LogP contribution is -2.33. The first-order valence-corrected chi connectivity index (χ1v) is 16.1. The Morgan fingerprint density at radius 1 is 0.596 bits per heavy atom. The standard InChI is InChI=1S/C42H33N5/c1-2-39-43-37-25-11-12-26-38(37)47(39)34-22-14-20-32(28-34)36-24-10-9-23-35(36)31-19-13-21-33(27-31)42-45-40(29-15-5-3-6-16-29)44-41(46-42)30-17-7-4-8-18-30/h3-28,42H,2H2,1H3,(H,44,45,46). The summed E-state index contributed by atoms with van der Waals surface area (Å²) in [6, 6.07) is 54.9. The minimum Gasteiger partial charge on any atom is -0.344 e. The summed E-state index contributed by atoms with van der Waals surface area (Å²) in [7, 11) is 0. The molecule has 1 atom stereocenters. The zero-order chi connectivity index (χ0) is 31.6. The quantitative estimate of drug-likeness (QED) is 0.196. The van der Waals surface area contributed by atoms with Crippen LogP contribution in [0.1, 0.15) is 35.6 Å². The molecule has 1 unspecified atom stereocenters. The number of imidazole rings is 1. The van der Waals surface area contributed by atoms with Gasteiger partial charge in [-0.15, -0.1) is 0 Å². The number of fused-ring (bicyclic) bond motifs is 1. The van der Waals surface area contributed by atoms with Gasteiger partial charge in [-0.2, -0.15) is 0 Å². The molecular formula is C42H33N5. The molecule has 7 aromatic rings. The summed E-state index contributed by atoms with van der Waals surface area (Å²) in [5.74, 6) is 2.58. The average Bonchev–Trinajstić information content (AvgIpc) is 3.54. The molecule has 1 N–H and O–H groups in total. The third-order valence-electron chi connectivity index (χ3n) is 8.62. The van der Waals surface area contributed by atoms with Gasteiger partial charge in [0.1, 0.15) is 17.8 Å². The van der Waals surface area contributed by atoms with Gasteiger partial charge in [0, 0.05) is 23.2 Å². The van der Waals surface area contributed by atoms with E-state index in [1.165, 1.54) is 5.56 Å². The summed E-state index contributed by atoms with van der Waals surface area (Å²) in [5.41, 5.74) is 11.0. The van der Waals surface area contributed by atoms with E-state index >= 15 is 0 Å². The first-order valence-electron chi connectivity index (χ1n) is 16.1.